The van der Waals surface area contributed by atoms with Crippen LogP contribution >= 0.6 is 34.4 Å². The molecule has 0 N–H and O–H groups in total. The molecule has 0 aliphatic heterocycles. The number of Topliss-reactive ketones (excluding diaryl/α,β-unsaturated/α-hetero) is 1. The molecular formula is C35H41N5O6S3. The maximum absolute atomic E-state index is 13.3. The molecule has 0 fully saturated rings. The lowest BCUT2D eigenvalue weighted by Gasteiger charge is -2.19. The lowest BCUT2D eigenvalue weighted by molar-refractivity contribution is -0.145. The van der Waals surface area contributed by atoms with Crippen molar-refractivity contribution in [3.8, 4) is 0 Å². The van der Waals surface area contributed by atoms with E-state index in [-0.39, 0.29) is 56.2 Å². The summed E-state index contributed by atoms with van der Waals surface area (Å²) in [6, 6.07) is 18.9. The molecule has 260 valence electrons. The van der Waals surface area contributed by atoms with E-state index in [1.54, 1.807) is 11.8 Å². The number of aromatic nitrogens is 4. The highest BCUT2D eigenvalue weighted by atomic mass is 32.2. The fraction of sp³-hybridized carbons (Fsp3) is 0.429. The van der Waals surface area contributed by atoms with Crippen molar-refractivity contribution in [2.24, 2.45) is 0 Å². The Morgan fingerprint density at radius 2 is 1.31 bits per heavy atom. The lowest BCUT2D eigenvalue weighted by Crippen LogP contribution is -2.35. The zero-order chi connectivity index (χ0) is 34.8. The van der Waals surface area contributed by atoms with E-state index < -0.39 is 5.92 Å². The van der Waals surface area contributed by atoms with Gasteiger partial charge in [0.05, 0.1) is 6.42 Å². The maximum atomic E-state index is 13.3. The van der Waals surface area contributed by atoms with Gasteiger partial charge in [-0.25, -0.2) is 0 Å². The van der Waals surface area contributed by atoms with Crippen LogP contribution in [0.3, 0.4) is 0 Å². The molecule has 4 aromatic rings. The fourth-order valence-corrected chi connectivity index (χ4v) is 7.50. The van der Waals surface area contributed by atoms with Gasteiger partial charge < -0.3 is 9.47 Å². The second-order valence-corrected chi connectivity index (χ2v) is 14.5. The first kappa shape index (κ1) is 37.8. The molecule has 14 heteroatoms. The van der Waals surface area contributed by atoms with Gasteiger partial charge in [0.25, 0.3) is 0 Å². The molecule has 0 aliphatic rings. The molecule has 0 aliphatic carbocycles. The second-order valence-electron chi connectivity index (χ2n) is 11.1. The first-order chi connectivity index (χ1) is 23.9. The van der Waals surface area contributed by atoms with Gasteiger partial charge in [0.2, 0.25) is 11.0 Å². The molecular weight excluding hydrogens is 683 g/mol. The number of ketones is 1. The number of rotatable bonds is 21. The summed E-state index contributed by atoms with van der Waals surface area (Å²) < 4.78 is 10.8. The van der Waals surface area contributed by atoms with Gasteiger partial charge in [-0.1, -0.05) is 85.8 Å². The standard InChI is InChI=1S/C35H41N5O6S3/c1-3-11-32(43)45-23-27(28(41)21-25-13-7-5-8-14-25)34-38-36-29(48-34)17-19-47-20-18-30-37-39-35(49-30)40(24-46-33(44)12-4-2)31(42)22-26-15-9-6-10-16-26/h5-10,13-16,27H,3-4,11-12,17-24H2,1-2H3. The van der Waals surface area contributed by atoms with Gasteiger partial charge >= 0.3 is 11.9 Å². The highest BCUT2D eigenvalue weighted by Gasteiger charge is 2.27. The number of carbonyl (C=O) groups is 4. The highest BCUT2D eigenvalue weighted by molar-refractivity contribution is 7.99. The zero-order valence-electron chi connectivity index (χ0n) is 27.7. The molecule has 11 nitrogen and oxygen atoms in total. The molecule has 1 atom stereocenters. The van der Waals surface area contributed by atoms with Crippen LogP contribution in [0.1, 0.15) is 71.6 Å². The third-order valence-corrected chi connectivity index (χ3v) is 10.3. The highest BCUT2D eigenvalue weighted by Crippen LogP contribution is 2.26. The molecule has 0 radical (unpaired) electrons. The third-order valence-electron chi connectivity index (χ3n) is 7.17. The summed E-state index contributed by atoms with van der Waals surface area (Å²) in [5, 5.41) is 19.7. The summed E-state index contributed by atoms with van der Waals surface area (Å²) in [6.07, 6.45) is 3.60. The number of thioether (sulfide) groups is 1. The Balaban J connectivity index is 1.29. The third kappa shape index (κ3) is 12.8. The van der Waals surface area contributed by atoms with Crippen LogP contribution in [-0.4, -0.2) is 68.9 Å². The van der Waals surface area contributed by atoms with Crippen molar-refractivity contribution in [1.82, 2.24) is 20.4 Å². The van der Waals surface area contributed by atoms with E-state index in [2.05, 4.69) is 20.4 Å². The van der Waals surface area contributed by atoms with Crippen LogP contribution in [0.5, 0.6) is 0 Å². The van der Waals surface area contributed by atoms with Crippen LogP contribution in [0.15, 0.2) is 60.7 Å². The van der Waals surface area contributed by atoms with Gasteiger partial charge in [-0.15, -0.1) is 31.7 Å². The number of nitrogens with zero attached hydrogens (tertiary/aromatic N) is 5. The fourth-order valence-electron chi connectivity index (χ4n) is 4.57. The summed E-state index contributed by atoms with van der Waals surface area (Å²) >= 11 is 4.41. The molecule has 49 heavy (non-hydrogen) atoms. The smallest absolute Gasteiger partial charge is 0.307 e. The van der Waals surface area contributed by atoms with Crippen molar-refractivity contribution < 1.29 is 28.7 Å². The number of amides is 1. The number of anilines is 1. The Kier molecular flexibility index (Phi) is 15.8. The van der Waals surface area contributed by atoms with E-state index in [0.717, 1.165) is 32.6 Å². The summed E-state index contributed by atoms with van der Waals surface area (Å²) in [7, 11) is 0. The molecule has 1 unspecified atom stereocenters. The van der Waals surface area contributed by atoms with Crippen molar-refractivity contribution >= 4 is 63.2 Å². The first-order valence-electron chi connectivity index (χ1n) is 16.3. The Bertz CT molecular complexity index is 1510. The Morgan fingerprint density at radius 3 is 1.94 bits per heavy atom. The van der Waals surface area contributed by atoms with Gasteiger partial charge in [-0.05, 0) is 35.5 Å². The van der Waals surface area contributed by atoms with Crippen LogP contribution in [0.25, 0.3) is 0 Å². The molecule has 0 spiro atoms. The topological polar surface area (TPSA) is 142 Å². The lowest BCUT2D eigenvalue weighted by atomic mass is 9.99. The largest absolute Gasteiger partial charge is 0.464 e. The molecule has 2 heterocycles. The molecule has 2 aromatic carbocycles. The summed E-state index contributed by atoms with van der Waals surface area (Å²) in [5.74, 6) is -0.103. The van der Waals surface area contributed by atoms with Gasteiger partial charge in [0.15, 0.2) is 12.5 Å². The second kappa shape index (κ2) is 20.5. The van der Waals surface area contributed by atoms with Crippen molar-refractivity contribution in [2.45, 2.75) is 71.1 Å². The van der Waals surface area contributed by atoms with Crippen LogP contribution < -0.4 is 4.90 Å². The summed E-state index contributed by atoms with van der Waals surface area (Å²) in [4.78, 5) is 52.0. The van der Waals surface area contributed by atoms with Crippen LogP contribution in [0.4, 0.5) is 5.13 Å². The van der Waals surface area contributed by atoms with Crippen LogP contribution in [0.2, 0.25) is 0 Å². The molecule has 1 amide bonds. The molecule has 0 bridgehead atoms. The van der Waals surface area contributed by atoms with Gasteiger partial charge in [0, 0.05) is 32.1 Å². The zero-order valence-corrected chi connectivity index (χ0v) is 30.2. The number of aryl methyl sites for hydroxylation is 2. The van der Waals surface area contributed by atoms with E-state index in [0.29, 0.717) is 42.2 Å². The molecule has 0 saturated heterocycles. The van der Waals surface area contributed by atoms with Crippen molar-refractivity contribution in [1.29, 1.82) is 0 Å². The number of hydrogen-bond donors (Lipinski definition) is 0. The van der Waals surface area contributed by atoms with E-state index in [4.69, 9.17) is 9.47 Å². The Labute approximate surface area is 298 Å². The first-order valence-corrected chi connectivity index (χ1v) is 19.1. The van der Waals surface area contributed by atoms with Crippen LogP contribution in [-0.2, 0) is 54.3 Å². The number of esters is 2. The predicted molar refractivity (Wildman–Crippen MR) is 192 cm³/mol. The quantitative estimate of drug-likeness (QED) is 0.0566. The molecule has 0 saturated carbocycles. The molecule has 4 rings (SSSR count). The average molecular weight is 724 g/mol. The normalized spacial score (nSPS) is 11.6. The van der Waals surface area contributed by atoms with Crippen molar-refractivity contribution in [3.05, 3.63) is 86.8 Å². The summed E-state index contributed by atoms with van der Waals surface area (Å²) in [6.45, 7) is 3.53. The van der Waals surface area contributed by atoms with E-state index in [9.17, 15) is 19.2 Å². The minimum Gasteiger partial charge on any atom is -0.464 e. The SMILES string of the molecule is CCCC(=O)OCC(C(=O)Cc1ccccc1)c1nnc(CCSCCc2nnc(N(COC(=O)CCC)C(=O)Cc3ccccc3)s2)s1. The molecule has 2 aromatic heterocycles. The van der Waals surface area contributed by atoms with Crippen molar-refractivity contribution in [3.63, 3.8) is 0 Å². The van der Waals surface area contributed by atoms with Crippen LogP contribution in [0, 0.1) is 0 Å². The Hall–Kier alpha value is -4.01. The number of benzene rings is 2. The van der Waals surface area contributed by atoms with E-state index in [1.165, 1.54) is 27.6 Å². The van der Waals surface area contributed by atoms with E-state index >= 15 is 0 Å². The minimum atomic E-state index is -0.666. The Morgan fingerprint density at radius 1 is 0.735 bits per heavy atom. The monoisotopic (exact) mass is 723 g/mol. The van der Waals surface area contributed by atoms with Gasteiger partial charge in [-0.3, -0.25) is 24.1 Å². The van der Waals surface area contributed by atoms with E-state index in [1.807, 2.05) is 74.5 Å². The van der Waals surface area contributed by atoms with Gasteiger partial charge in [0.1, 0.15) is 27.5 Å². The van der Waals surface area contributed by atoms with Gasteiger partial charge in [-0.2, -0.15) is 11.8 Å². The average Bonchev–Trinajstić information content (AvgIpc) is 3.76. The number of carbonyl (C=O) groups excluding carboxylic acids is 4. The number of hydrogen-bond acceptors (Lipinski definition) is 13. The summed E-state index contributed by atoms with van der Waals surface area (Å²) in [5.41, 5.74) is 1.74. The predicted octanol–water partition coefficient (Wildman–Crippen LogP) is 6.02. The minimum absolute atomic E-state index is 0.0474. The maximum Gasteiger partial charge on any atom is 0.307 e. The van der Waals surface area contributed by atoms with Crippen molar-refractivity contribution in [2.75, 3.05) is 29.7 Å². The number of ether oxygens (including phenoxy) is 2.